The minimum atomic E-state index is -1.85. The molecule has 0 aliphatic heterocycles. The van der Waals surface area contributed by atoms with Gasteiger partial charge in [-0.1, -0.05) is 94.8 Å². The maximum atomic E-state index is 14.6. The van der Waals surface area contributed by atoms with Gasteiger partial charge in [-0.25, -0.2) is 9.78 Å². The van der Waals surface area contributed by atoms with Crippen LogP contribution in [0.1, 0.15) is 117 Å². The van der Waals surface area contributed by atoms with Crippen LogP contribution in [-0.4, -0.2) is 177 Å². The molecule has 4 rings (SSSR count). The van der Waals surface area contributed by atoms with Gasteiger partial charge in [0.2, 0.25) is 53.2 Å². The molecule has 1 aliphatic rings. The second-order valence-electron chi connectivity index (χ2n) is 22.3. The van der Waals surface area contributed by atoms with E-state index in [9.17, 15) is 63.3 Å². The van der Waals surface area contributed by atoms with E-state index in [0.717, 1.165) is 56.7 Å². The third kappa shape index (κ3) is 23.5. The van der Waals surface area contributed by atoms with Gasteiger partial charge in [-0.15, -0.1) is 0 Å². The number of imidazole rings is 1. The number of nitrogens with one attached hydrogen (secondary N) is 10. The van der Waals surface area contributed by atoms with E-state index in [1.165, 1.54) is 19.4 Å². The SMILES string of the molecule is CCC(C)[C@H](NC(=O)[C@H](CCCN)NC(=O)CNC(=O)[C@@H](NC(=O)[C@@H](NC(=O)[C@H](Cc1cnc[nH]1)NC(=O)[C@H](Cc1cccc2ccccc12)NC(=O)[C@H](C)NC(=O)[C@@H](N)CCCN=C(N)N)[C@@H](C)O)[C@@H](C)O)C(=O)N[C@@H](CC1CCCCC1)C(=O)O. The Labute approximate surface area is 505 Å². The molecule has 1 aromatic heterocycles. The summed E-state index contributed by atoms with van der Waals surface area (Å²) in [6.45, 7) is 6.75. The minimum Gasteiger partial charge on any atom is -0.480 e. The first-order valence-electron chi connectivity index (χ1n) is 29.6. The summed E-state index contributed by atoms with van der Waals surface area (Å²) in [5.74, 6) is -9.64. The van der Waals surface area contributed by atoms with Gasteiger partial charge in [-0.2, -0.15) is 0 Å². The molecular weight excluding hydrogens is 1130 g/mol. The summed E-state index contributed by atoms with van der Waals surface area (Å²) in [7, 11) is 0. The fraction of sp³-hybridized carbons (Fsp3) is 0.586. The summed E-state index contributed by atoms with van der Waals surface area (Å²) in [6, 6.07) is 0.227. The number of fused-ring (bicyclic) bond motifs is 1. The van der Waals surface area contributed by atoms with E-state index in [1.807, 2.05) is 24.3 Å². The van der Waals surface area contributed by atoms with Gasteiger partial charge in [0.1, 0.15) is 48.3 Å². The topological polar surface area (TPSA) is 485 Å². The Morgan fingerprint density at radius 3 is 1.87 bits per heavy atom. The smallest absolute Gasteiger partial charge is 0.326 e. The molecule has 29 heteroatoms. The van der Waals surface area contributed by atoms with Crippen LogP contribution >= 0.6 is 0 Å². The fourth-order valence-corrected chi connectivity index (χ4v) is 9.95. The Morgan fingerprint density at radius 2 is 1.24 bits per heavy atom. The van der Waals surface area contributed by atoms with Gasteiger partial charge in [-0.3, -0.25) is 48.1 Å². The van der Waals surface area contributed by atoms with E-state index in [1.54, 1.807) is 32.0 Å². The van der Waals surface area contributed by atoms with Crippen molar-refractivity contribution < 1.29 is 63.3 Å². The van der Waals surface area contributed by atoms with Crippen molar-refractivity contribution in [2.75, 3.05) is 19.6 Å². The number of H-pyrrole nitrogens is 1. The number of aliphatic carboxylic acids is 1. The Kier molecular flexibility index (Phi) is 29.5. The zero-order chi connectivity index (χ0) is 64.3. The number of amides is 9. The largest absolute Gasteiger partial charge is 0.480 e. The molecule has 12 atom stereocenters. The fourth-order valence-electron chi connectivity index (χ4n) is 9.95. The monoisotopic (exact) mass is 1220 g/mol. The van der Waals surface area contributed by atoms with Crippen LogP contribution in [-0.2, 0) is 60.8 Å². The number of carboxylic acid groups (broad SMARTS) is 1. The van der Waals surface area contributed by atoms with E-state index in [2.05, 4.69) is 62.8 Å². The number of nitrogens with zero attached hydrogens (tertiary/aromatic N) is 2. The normalized spacial score (nSPS) is 16.6. The number of hydrogen-bond acceptors (Lipinski definition) is 16. The van der Waals surface area contributed by atoms with Crippen molar-refractivity contribution in [1.29, 1.82) is 0 Å². The van der Waals surface area contributed by atoms with Crippen molar-refractivity contribution in [1.82, 2.24) is 57.8 Å². The molecule has 1 heterocycles. The molecule has 9 amide bonds. The van der Waals surface area contributed by atoms with Crippen molar-refractivity contribution in [3.63, 3.8) is 0 Å². The number of hydrogen-bond donors (Lipinski definition) is 17. The maximum Gasteiger partial charge on any atom is 0.326 e. The first-order valence-corrected chi connectivity index (χ1v) is 29.6. The first-order chi connectivity index (χ1) is 41.3. The number of guanidine groups is 1. The van der Waals surface area contributed by atoms with Crippen molar-refractivity contribution in [3.05, 3.63) is 66.2 Å². The van der Waals surface area contributed by atoms with Gasteiger partial charge in [0, 0.05) is 31.3 Å². The average Bonchev–Trinajstić information content (AvgIpc) is 3.26. The molecule has 1 saturated carbocycles. The highest BCUT2D eigenvalue weighted by Crippen LogP contribution is 2.28. The number of benzene rings is 2. The zero-order valence-corrected chi connectivity index (χ0v) is 50.1. The lowest BCUT2D eigenvalue weighted by atomic mass is 9.84. The van der Waals surface area contributed by atoms with Gasteiger partial charge in [-0.05, 0) is 87.6 Å². The van der Waals surface area contributed by atoms with E-state index < -0.39 is 138 Å². The van der Waals surface area contributed by atoms with Crippen molar-refractivity contribution in [2.45, 2.75) is 185 Å². The molecule has 3 aromatic rings. The van der Waals surface area contributed by atoms with Crippen LogP contribution in [0.2, 0.25) is 0 Å². The molecule has 0 radical (unpaired) electrons. The quantitative estimate of drug-likeness (QED) is 0.0161. The average molecular weight is 1220 g/mol. The van der Waals surface area contributed by atoms with Crippen LogP contribution in [0.3, 0.4) is 0 Å². The van der Waals surface area contributed by atoms with E-state index in [4.69, 9.17) is 22.9 Å². The van der Waals surface area contributed by atoms with Crippen molar-refractivity contribution >= 4 is 75.9 Å². The Morgan fingerprint density at radius 1 is 0.655 bits per heavy atom. The molecule has 1 fully saturated rings. The maximum absolute atomic E-state index is 14.6. The zero-order valence-electron chi connectivity index (χ0n) is 50.1. The second-order valence-corrected chi connectivity index (χ2v) is 22.3. The lowest BCUT2D eigenvalue weighted by Crippen LogP contribution is -2.63. The van der Waals surface area contributed by atoms with Crippen LogP contribution in [0, 0.1) is 11.8 Å². The summed E-state index contributed by atoms with van der Waals surface area (Å²) in [5, 5.41) is 56.0. The summed E-state index contributed by atoms with van der Waals surface area (Å²) < 4.78 is 0. The third-order valence-corrected chi connectivity index (χ3v) is 15.2. The summed E-state index contributed by atoms with van der Waals surface area (Å²) in [5.41, 5.74) is 23.5. The molecule has 480 valence electrons. The Balaban J connectivity index is 1.47. The van der Waals surface area contributed by atoms with Crippen LogP contribution in [0.25, 0.3) is 10.8 Å². The number of aromatic nitrogens is 2. The Hall–Kier alpha value is -8.28. The highest BCUT2D eigenvalue weighted by atomic mass is 16.4. The number of aromatic amines is 1. The molecule has 21 N–H and O–H groups in total. The highest BCUT2D eigenvalue weighted by Gasteiger charge is 2.37. The number of carbonyl (C=O) groups is 10. The number of rotatable bonds is 36. The van der Waals surface area contributed by atoms with E-state index in [-0.39, 0.29) is 63.5 Å². The van der Waals surface area contributed by atoms with Crippen LogP contribution in [0.15, 0.2) is 60.0 Å². The van der Waals surface area contributed by atoms with Gasteiger partial charge >= 0.3 is 5.97 Å². The predicted molar refractivity (Wildman–Crippen MR) is 322 cm³/mol. The molecule has 0 saturated heterocycles. The number of aliphatic hydroxyl groups excluding tert-OH is 2. The molecule has 1 aliphatic carbocycles. The number of carboxylic acids is 1. The van der Waals surface area contributed by atoms with Crippen LogP contribution < -0.4 is 70.8 Å². The summed E-state index contributed by atoms with van der Waals surface area (Å²) >= 11 is 0. The Bertz CT molecular complexity index is 2800. The molecule has 29 nitrogen and oxygen atoms in total. The lowest BCUT2D eigenvalue weighted by Gasteiger charge is -2.29. The van der Waals surface area contributed by atoms with Crippen LogP contribution in [0.4, 0.5) is 0 Å². The predicted octanol–water partition coefficient (Wildman–Crippen LogP) is -2.65. The van der Waals surface area contributed by atoms with Gasteiger partial charge in [0.15, 0.2) is 5.96 Å². The molecule has 0 spiro atoms. The lowest BCUT2D eigenvalue weighted by molar-refractivity contribution is -0.143. The van der Waals surface area contributed by atoms with Crippen molar-refractivity contribution in [3.8, 4) is 0 Å². The third-order valence-electron chi connectivity index (χ3n) is 15.2. The molecule has 0 bridgehead atoms. The minimum absolute atomic E-state index is 0.00557. The first kappa shape index (κ1) is 71.2. The van der Waals surface area contributed by atoms with E-state index in [0.29, 0.717) is 24.1 Å². The summed E-state index contributed by atoms with van der Waals surface area (Å²) in [6.07, 6.45) is 5.16. The van der Waals surface area contributed by atoms with Crippen LogP contribution in [0.5, 0.6) is 0 Å². The number of aliphatic imine (C=N–C) groups is 1. The van der Waals surface area contributed by atoms with Crippen molar-refractivity contribution in [2.24, 2.45) is 39.8 Å². The number of carbonyl (C=O) groups excluding carboxylic acids is 9. The molecular formula is C58H90N16O13. The second kappa shape index (κ2) is 36.0. The van der Waals surface area contributed by atoms with Gasteiger partial charge < -0.3 is 91.1 Å². The van der Waals surface area contributed by atoms with E-state index >= 15 is 0 Å². The highest BCUT2D eigenvalue weighted by molar-refractivity contribution is 5.99. The standard InChI is InChI=1S/C58H90N16O13/c1-6-31(2)46(55(84)71-44(57(86)87)25-35-15-8-7-9-16-35)72-51(80)41(22-13-23-59)68-45(77)29-65-54(83)47(33(4)75)74-56(85)48(34(5)76)73-53(82)43(27-38-28-63-30-66-38)70-52(81)42(26-37-19-12-18-36-17-10-11-20-39(36)37)69-49(78)32(3)67-50(79)40(60)21-14-24-64-58(61)62/h10-12,17-20,28,30-35,40-44,46-48,75-76H,6-9,13-16,21-27,29,59-60H2,1-5H3,(H,63,66)(H,65,83)(H,67,79)(H,68,77)(H,69,78)(H,70,81)(H,71,84)(H,72,80)(H,73,82)(H,74,85)(H,86,87)(H4,61,62,64)/t31?,32-,33+,34+,40-,41-,42-,43-,44-,46-,47-,48-/m0/s1. The summed E-state index contributed by atoms with van der Waals surface area (Å²) in [4.78, 5) is 147. The van der Waals surface area contributed by atoms with Gasteiger partial charge in [0.05, 0.1) is 31.1 Å². The number of nitrogens with two attached hydrogens (primary N) is 4. The molecule has 1 unspecified atom stereocenters. The number of aliphatic hydroxyl groups is 2. The molecule has 87 heavy (non-hydrogen) atoms. The molecule has 2 aromatic carbocycles. The van der Waals surface area contributed by atoms with Gasteiger partial charge in [0.25, 0.3) is 0 Å².